The molecule has 1 aromatic rings. The van der Waals surface area contributed by atoms with E-state index < -0.39 is 0 Å². The van der Waals surface area contributed by atoms with Crippen LogP contribution in [0.5, 0.6) is 5.75 Å². The lowest BCUT2D eigenvalue weighted by atomic mass is 9.61. The number of hydrogen-bond donors (Lipinski definition) is 1. The van der Waals surface area contributed by atoms with Crippen LogP contribution in [0.2, 0.25) is 0 Å². The molecule has 1 aromatic carbocycles. The Morgan fingerprint density at radius 2 is 1.94 bits per heavy atom. The molecule has 2 aliphatic rings. The Morgan fingerprint density at radius 1 is 1.22 bits per heavy atom. The number of ether oxygens (including phenoxy) is 2. The van der Waals surface area contributed by atoms with Crippen LogP contribution in [-0.2, 0) is 9.53 Å². The predicted octanol–water partition coefficient (Wildman–Crippen LogP) is 6.78. The van der Waals surface area contributed by atoms with Crippen LogP contribution >= 0.6 is 0 Å². The fourth-order valence-corrected chi connectivity index (χ4v) is 6.44. The van der Waals surface area contributed by atoms with E-state index in [1.54, 1.807) is 7.11 Å². The van der Waals surface area contributed by atoms with Crippen molar-refractivity contribution in [3.05, 3.63) is 48.6 Å². The van der Waals surface area contributed by atoms with Crippen LogP contribution in [0.1, 0.15) is 65.2 Å². The zero-order valence-electron chi connectivity index (χ0n) is 20.4. The fraction of sp³-hybridized carbons (Fsp3) is 0.607. The van der Waals surface area contributed by atoms with Crippen LogP contribution in [0.3, 0.4) is 0 Å². The Hall–Kier alpha value is -2.23. The Bertz CT molecular complexity index is 814. The molecular weight excluding hydrogens is 398 g/mol. The third-order valence-corrected chi connectivity index (χ3v) is 8.20. The molecule has 2 saturated carbocycles. The van der Waals surface area contributed by atoms with Crippen molar-refractivity contribution in [3.8, 4) is 5.75 Å². The summed E-state index contributed by atoms with van der Waals surface area (Å²) in [6.45, 7) is 13.3. The molecule has 0 aromatic heterocycles. The van der Waals surface area contributed by atoms with E-state index >= 15 is 0 Å². The summed E-state index contributed by atoms with van der Waals surface area (Å²) in [5, 5.41) is 3.62. The van der Waals surface area contributed by atoms with E-state index in [9.17, 15) is 4.79 Å². The normalized spacial score (nSPS) is 26.7. The maximum Gasteiger partial charge on any atom is 0.333 e. The van der Waals surface area contributed by atoms with Gasteiger partial charge in [-0.05, 0) is 98.8 Å². The van der Waals surface area contributed by atoms with Gasteiger partial charge < -0.3 is 14.8 Å². The molecule has 4 nitrogen and oxygen atoms in total. The van der Waals surface area contributed by atoms with Gasteiger partial charge in [-0.2, -0.15) is 0 Å². The summed E-state index contributed by atoms with van der Waals surface area (Å²) in [5.74, 6) is 2.60. The molecule has 0 saturated heterocycles. The van der Waals surface area contributed by atoms with Crippen molar-refractivity contribution < 1.29 is 14.3 Å². The van der Waals surface area contributed by atoms with Crippen molar-refractivity contribution in [2.75, 3.05) is 19.5 Å². The van der Waals surface area contributed by atoms with Gasteiger partial charge in [0.2, 0.25) is 0 Å². The number of nitrogens with one attached hydrogen (secondary N) is 1. The maximum absolute atomic E-state index is 12.0. The lowest BCUT2D eigenvalue weighted by Crippen LogP contribution is -2.36. The summed E-state index contributed by atoms with van der Waals surface area (Å²) < 4.78 is 10.2. The highest BCUT2D eigenvalue weighted by Crippen LogP contribution is 2.59. The lowest BCUT2D eigenvalue weighted by molar-refractivity contribution is -0.136. The van der Waals surface area contributed by atoms with Crippen LogP contribution in [0.25, 0.3) is 0 Å². The zero-order valence-corrected chi connectivity index (χ0v) is 20.4. The van der Waals surface area contributed by atoms with E-state index in [1.165, 1.54) is 44.8 Å². The Kier molecular flexibility index (Phi) is 8.08. The third-order valence-electron chi connectivity index (χ3n) is 8.20. The molecule has 2 aliphatic carbocycles. The Labute approximate surface area is 194 Å². The van der Waals surface area contributed by atoms with Gasteiger partial charge in [0, 0.05) is 17.3 Å². The smallest absolute Gasteiger partial charge is 0.333 e. The first-order valence-corrected chi connectivity index (χ1v) is 12.1. The van der Waals surface area contributed by atoms with Gasteiger partial charge in [-0.15, -0.1) is 0 Å². The van der Waals surface area contributed by atoms with E-state index in [0.29, 0.717) is 29.2 Å². The van der Waals surface area contributed by atoms with Gasteiger partial charge in [0.15, 0.2) is 0 Å². The third kappa shape index (κ3) is 5.39. The first-order chi connectivity index (χ1) is 15.3. The van der Waals surface area contributed by atoms with Crippen molar-refractivity contribution in [2.24, 2.45) is 23.2 Å². The molecule has 0 amide bonds. The highest BCUT2D eigenvalue weighted by atomic mass is 16.5. The molecule has 0 spiro atoms. The van der Waals surface area contributed by atoms with Crippen LogP contribution < -0.4 is 10.1 Å². The van der Waals surface area contributed by atoms with E-state index in [0.717, 1.165) is 30.2 Å². The second kappa shape index (κ2) is 10.6. The van der Waals surface area contributed by atoms with Crippen molar-refractivity contribution in [2.45, 2.75) is 71.3 Å². The number of carbonyl (C=O) groups is 1. The summed E-state index contributed by atoms with van der Waals surface area (Å²) in [6, 6.07) is 8.07. The predicted molar refractivity (Wildman–Crippen MR) is 132 cm³/mol. The summed E-state index contributed by atoms with van der Waals surface area (Å²) >= 11 is 0. The molecule has 0 radical (unpaired) electrons. The van der Waals surface area contributed by atoms with Gasteiger partial charge in [-0.1, -0.05) is 32.6 Å². The molecule has 3 rings (SSSR count). The number of hydrogen-bond acceptors (Lipinski definition) is 4. The second-order valence-electron chi connectivity index (χ2n) is 10.2. The second-order valence-corrected chi connectivity index (χ2v) is 10.2. The van der Waals surface area contributed by atoms with Crippen LogP contribution in [0.4, 0.5) is 5.69 Å². The lowest BCUT2D eigenvalue weighted by Gasteiger charge is -2.44. The van der Waals surface area contributed by atoms with E-state index in [2.05, 4.69) is 32.3 Å². The minimum absolute atomic E-state index is 0.128. The SMILES string of the molecule is C=C(CC(CCC(C)[C@H]1CCC2C(=C)CCC[C@@]21C)Nc1ccc(OC)cc1)C(=O)OC. The first kappa shape index (κ1) is 24.4. The topological polar surface area (TPSA) is 47.6 Å². The summed E-state index contributed by atoms with van der Waals surface area (Å²) in [5.41, 5.74) is 3.44. The molecular formula is C28H41NO3. The number of fused-ring (bicyclic) bond motifs is 1. The standard InChI is InChI=1S/C28H41NO3/c1-19-8-7-17-28(4)25(19)15-16-26(28)20(2)9-10-23(18-21(3)27(30)32-6)29-22-11-13-24(31-5)14-12-22/h11-14,20,23,25-26,29H,1,3,7-10,15-18H2,2,4-6H3/t20?,23?,25?,26-,28+/m1/s1. The molecule has 32 heavy (non-hydrogen) atoms. The Balaban J connectivity index is 1.66. The molecule has 3 unspecified atom stereocenters. The monoisotopic (exact) mass is 439 g/mol. The van der Waals surface area contributed by atoms with Gasteiger partial charge in [-0.25, -0.2) is 4.79 Å². The largest absolute Gasteiger partial charge is 0.497 e. The first-order valence-electron chi connectivity index (χ1n) is 12.1. The average molecular weight is 440 g/mol. The maximum atomic E-state index is 12.0. The summed E-state index contributed by atoms with van der Waals surface area (Å²) in [7, 11) is 3.08. The van der Waals surface area contributed by atoms with Crippen molar-refractivity contribution >= 4 is 11.7 Å². The fourth-order valence-electron chi connectivity index (χ4n) is 6.44. The van der Waals surface area contributed by atoms with Crippen molar-refractivity contribution in [1.29, 1.82) is 0 Å². The number of methoxy groups -OCH3 is 2. The number of rotatable bonds is 10. The Morgan fingerprint density at radius 3 is 2.59 bits per heavy atom. The number of allylic oxidation sites excluding steroid dienone is 1. The molecule has 4 heteroatoms. The molecule has 0 bridgehead atoms. The van der Waals surface area contributed by atoms with Gasteiger partial charge in [0.1, 0.15) is 5.75 Å². The molecule has 176 valence electrons. The van der Waals surface area contributed by atoms with Crippen molar-refractivity contribution in [1.82, 2.24) is 0 Å². The van der Waals surface area contributed by atoms with E-state index in [-0.39, 0.29) is 12.0 Å². The molecule has 2 fully saturated rings. The van der Waals surface area contributed by atoms with Gasteiger partial charge in [-0.3, -0.25) is 0 Å². The van der Waals surface area contributed by atoms with Gasteiger partial charge in [0.05, 0.1) is 14.2 Å². The summed E-state index contributed by atoms with van der Waals surface area (Å²) in [6.07, 6.45) is 9.14. The van der Waals surface area contributed by atoms with E-state index in [1.807, 2.05) is 24.3 Å². The zero-order chi connectivity index (χ0) is 23.3. The summed E-state index contributed by atoms with van der Waals surface area (Å²) in [4.78, 5) is 12.0. The minimum Gasteiger partial charge on any atom is -0.497 e. The van der Waals surface area contributed by atoms with Crippen LogP contribution in [-0.4, -0.2) is 26.2 Å². The molecule has 0 aliphatic heterocycles. The highest BCUT2D eigenvalue weighted by molar-refractivity contribution is 5.87. The molecule has 0 heterocycles. The van der Waals surface area contributed by atoms with Gasteiger partial charge >= 0.3 is 5.97 Å². The molecule has 1 N–H and O–H groups in total. The quantitative estimate of drug-likeness (QED) is 0.248. The number of carbonyl (C=O) groups excluding carboxylic acids is 1. The van der Waals surface area contributed by atoms with E-state index in [4.69, 9.17) is 9.47 Å². The van der Waals surface area contributed by atoms with Gasteiger partial charge in [0.25, 0.3) is 0 Å². The minimum atomic E-state index is -0.327. The van der Waals surface area contributed by atoms with Crippen molar-refractivity contribution in [3.63, 3.8) is 0 Å². The number of benzene rings is 1. The highest BCUT2D eigenvalue weighted by Gasteiger charge is 2.50. The molecule has 5 atom stereocenters. The number of anilines is 1. The van der Waals surface area contributed by atoms with Crippen LogP contribution in [0, 0.1) is 23.2 Å². The average Bonchev–Trinajstić information content (AvgIpc) is 3.15. The van der Waals surface area contributed by atoms with Crippen LogP contribution in [0.15, 0.2) is 48.6 Å². The number of esters is 1.